The molecule has 132 valence electrons. The van der Waals surface area contributed by atoms with Gasteiger partial charge < -0.3 is 4.74 Å². The zero-order chi connectivity index (χ0) is 18.6. The van der Waals surface area contributed by atoms with Crippen LogP contribution in [0.1, 0.15) is 17.0 Å². The lowest BCUT2D eigenvalue weighted by molar-refractivity contribution is -0.135. The lowest BCUT2D eigenvalue weighted by Gasteiger charge is -2.17. The molecular weight excluding hydrogens is 358 g/mol. The molecule has 0 aliphatic carbocycles. The predicted octanol–water partition coefficient (Wildman–Crippen LogP) is 5.63. The number of ether oxygens (including phenoxy) is 1. The average molecular weight is 374 g/mol. The van der Waals surface area contributed by atoms with E-state index in [1.165, 1.54) is 0 Å². The number of carbonyl (C=O) groups excluding carboxylic acids is 1. The second-order valence-electron chi connectivity index (χ2n) is 6.12. The molecule has 4 aromatic rings. The van der Waals surface area contributed by atoms with Gasteiger partial charge in [0.05, 0.1) is 5.02 Å². The molecule has 4 rings (SSSR count). The number of esters is 1. The summed E-state index contributed by atoms with van der Waals surface area (Å²) in [4.78, 5) is 17.5. The summed E-state index contributed by atoms with van der Waals surface area (Å²) in [5.74, 6) is -0.486. The number of halogens is 1. The van der Waals surface area contributed by atoms with Crippen molar-refractivity contribution < 1.29 is 9.53 Å². The first-order valence-electron chi connectivity index (χ1n) is 8.59. The highest BCUT2D eigenvalue weighted by Crippen LogP contribution is 2.32. The Morgan fingerprint density at radius 3 is 2.07 bits per heavy atom. The van der Waals surface area contributed by atoms with E-state index in [-0.39, 0.29) is 5.97 Å². The first kappa shape index (κ1) is 17.3. The molecule has 0 atom stereocenters. The Kier molecular flexibility index (Phi) is 4.86. The molecule has 0 radical (unpaired) electrons. The number of hydrogen-bond donors (Lipinski definition) is 0. The summed E-state index contributed by atoms with van der Waals surface area (Å²) in [6.07, 6.45) is 1.65. The van der Waals surface area contributed by atoms with E-state index in [0.717, 1.165) is 16.5 Å². The summed E-state index contributed by atoms with van der Waals surface area (Å²) < 4.78 is 5.79. The largest absolute Gasteiger partial charge is 0.423 e. The van der Waals surface area contributed by atoms with Gasteiger partial charge in [-0.05, 0) is 35.4 Å². The van der Waals surface area contributed by atoms with Crippen molar-refractivity contribution in [3.05, 3.63) is 107 Å². The molecular formula is C23H16ClNO2. The third-order valence-electron chi connectivity index (χ3n) is 4.39. The van der Waals surface area contributed by atoms with Gasteiger partial charge in [0.2, 0.25) is 0 Å². The summed E-state index contributed by atoms with van der Waals surface area (Å²) in [5.41, 5.74) is 2.32. The second-order valence-corrected chi connectivity index (χ2v) is 6.53. The lowest BCUT2D eigenvalue weighted by Crippen LogP contribution is -2.20. The predicted molar refractivity (Wildman–Crippen MR) is 107 cm³/mol. The van der Waals surface area contributed by atoms with Crippen molar-refractivity contribution in [1.82, 2.24) is 4.98 Å². The Morgan fingerprint density at radius 2 is 1.44 bits per heavy atom. The molecule has 1 heterocycles. The van der Waals surface area contributed by atoms with E-state index in [1.807, 2.05) is 66.7 Å². The van der Waals surface area contributed by atoms with Crippen molar-refractivity contribution in [1.29, 1.82) is 0 Å². The van der Waals surface area contributed by atoms with Gasteiger partial charge in [0.25, 0.3) is 0 Å². The van der Waals surface area contributed by atoms with Crippen LogP contribution in [0, 0.1) is 0 Å². The van der Waals surface area contributed by atoms with Gasteiger partial charge in [-0.15, -0.1) is 0 Å². The fourth-order valence-electron chi connectivity index (χ4n) is 3.12. The topological polar surface area (TPSA) is 39.2 Å². The SMILES string of the molecule is O=C(Oc1ccc(Cl)c2cccnc12)C(c1ccccc1)c1ccccc1. The van der Waals surface area contributed by atoms with Crippen LogP contribution in [0.15, 0.2) is 91.1 Å². The highest BCUT2D eigenvalue weighted by Gasteiger charge is 2.25. The van der Waals surface area contributed by atoms with Crippen LogP contribution in [0.4, 0.5) is 0 Å². The smallest absolute Gasteiger partial charge is 0.323 e. The molecule has 0 unspecified atom stereocenters. The minimum atomic E-state index is -0.526. The van der Waals surface area contributed by atoms with E-state index in [1.54, 1.807) is 24.4 Å². The van der Waals surface area contributed by atoms with Crippen LogP contribution >= 0.6 is 11.6 Å². The van der Waals surface area contributed by atoms with Crippen molar-refractivity contribution in [2.45, 2.75) is 5.92 Å². The van der Waals surface area contributed by atoms with Crippen LogP contribution in [0.25, 0.3) is 10.9 Å². The molecule has 0 aliphatic rings. The van der Waals surface area contributed by atoms with Crippen molar-refractivity contribution in [2.75, 3.05) is 0 Å². The van der Waals surface area contributed by atoms with E-state index >= 15 is 0 Å². The minimum Gasteiger partial charge on any atom is -0.423 e. The molecule has 3 nitrogen and oxygen atoms in total. The number of fused-ring (bicyclic) bond motifs is 1. The third-order valence-corrected chi connectivity index (χ3v) is 4.72. The molecule has 0 fully saturated rings. The second kappa shape index (κ2) is 7.60. The van der Waals surface area contributed by atoms with Gasteiger partial charge in [-0.1, -0.05) is 72.3 Å². The van der Waals surface area contributed by atoms with Gasteiger partial charge in [0.15, 0.2) is 5.75 Å². The summed E-state index contributed by atoms with van der Waals surface area (Å²) in [5, 5.41) is 1.32. The van der Waals surface area contributed by atoms with Crippen LogP contribution in [-0.2, 0) is 4.79 Å². The van der Waals surface area contributed by atoms with E-state index in [0.29, 0.717) is 16.3 Å². The fraction of sp³-hybridized carbons (Fsp3) is 0.0435. The van der Waals surface area contributed by atoms with E-state index in [9.17, 15) is 4.79 Å². The van der Waals surface area contributed by atoms with Crippen LogP contribution in [0.5, 0.6) is 5.75 Å². The number of hydrogen-bond acceptors (Lipinski definition) is 3. The third kappa shape index (κ3) is 3.55. The average Bonchev–Trinajstić information content (AvgIpc) is 2.72. The zero-order valence-electron chi connectivity index (χ0n) is 14.4. The number of carbonyl (C=O) groups is 1. The van der Waals surface area contributed by atoms with Gasteiger partial charge in [0.1, 0.15) is 11.4 Å². The van der Waals surface area contributed by atoms with Crippen LogP contribution < -0.4 is 4.74 Å². The minimum absolute atomic E-state index is 0.360. The quantitative estimate of drug-likeness (QED) is 0.344. The van der Waals surface area contributed by atoms with Crippen molar-refractivity contribution in [2.24, 2.45) is 0 Å². The Morgan fingerprint density at radius 1 is 0.815 bits per heavy atom. The zero-order valence-corrected chi connectivity index (χ0v) is 15.1. The Balaban J connectivity index is 1.75. The molecule has 0 spiro atoms. The monoisotopic (exact) mass is 373 g/mol. The van der Waals surface area contributed by atoms with Crippen molar-refractivity contribution in [3.63, 3.8) is 0 Å². The molecule has 0 amide bonds. The maximum absolute atomic E-state index is 13.2. The van der Waals surface area contributed by atoms with E-state index < -0.39 is 5.92 Å². The molecule has 1 aromatic heterocycles. The Labute approximate surface area is 162 Å². The Hall–Kier alpha value is -3.17. The molecule has 0 bridgehead atoms. The van der Waals surface area contributed by atoms with Crippen molar-refractivity contribution >= 4 is 28.5 Å². The number of rotatable bonds is 4. The Bertz CT molecular complexity index is 1040. The van der Waals surface area contributed by atoms with E-state index in [4.69, 9.17) is 16.3 Å². The molecule has 0 aliphatic heterocycles. The van der Waals surface area contributed by atoms with Gasteiger partial charge in [-0.3, -0.25) is 9.78 Å². The molecule has 0 N–H and O–H groups in total. The standard InChI is InChI=1S/C23H16ClNO2/c24-19-13-14-20(22-18(19)12-7-15-25-22)27-23(26)21(16-8-3-1-4-9-16)17-10-5-2-6-11-17/h1-15,21H. The maximum atomic E-state index is 13.2. The van der Waals surface area contributed by atoms with Gasteiger partial charge in [-0.2, -0.15) is 0 Å². The first-order chi connectivity index (χ1) is 13.2. The summed E-state index contributed by atoms with van der Waals surface area (Å²) >= 11 is 6.24. The number of pyridine rings is 1. The van der Waals surface area contributed by atoms with Gasteiger partial charge >= 0.3 is 5.97 Å². The van der Waals surface area contributed by atoms with Crippen LogP contribution in [0.3, 0.4) is 0 Å². The number of nitrogens with zero attached hydrogens (tertiary/aromatic N) is 1. The fourth-order valence-corrected chi connectivity index (χ4v) is 3.33. The lowest BCUT2D eigenvalue weighted by atomic mass is 9.91. The molecule has 4 heteroatoms. The summed E-state index contributed by atoms with van der Waals surface area (Å²) in [6.45, 7) is 0. The van der Waals surface area contributed by atoms with Gasteiger partial charge in [-0.25, -0.2) is 0 Å². The molecule has 0 saturated heterocycles. The van der Waals surface area contributed by atoms with Crippen molar-refractivity contribution in [3.8, 4) is 5.75 Å². The normalized spacial score (nSPS) is 10.9. The van der Waals surface area contributed by atoms with Crippen LogP contribution in [0.2, 0.25) is 5.02 Å². The summed E-state index contributed by atoms with van der Waals surface area (Å²) in [6, 6.07) is 26.3. The summed E-state index contributed by atoms with van der Waals surface area (Å²) in [7, 11) is 0. The molecule has 0 saturated carbocycles. The molecule has 3 aromatic carbocycles. The van der Waals surface area contributed by atoms with Gasteiger partial charge in [0, 0.05) is 11.6 Å². The maximum Gasteiger partial charge on any atom is 0.323 e. The highest BCUT2D eigenvalue weighted by molar-refractivity contribution is 6.35. The molecule has 27 heavy (non-hydrogen) atoms. The number of aromatic nitrogens is 1. The first-order valence-corrected chi connectivity index (χ1v) is 8.96. The van der Waals surface area contributed by atoms with E-state index in [2.05, 4.69) is 4.98 Å². The number of benzene rings is 3. The highest BCUT2D eigenvalue weighted by atomic mass is 35.5. The van der Waals surface area contributed by atoms with Crippen LogP contribution in [-0.4, -0.2) is 11.0 Å².